The molecule has 2 rings (SSSR count). The predicted molar refractivity (Wildman–Crippen MR) is 97.6 cm³/mol. The maximum atomic E-state index is 12.1. The van der Waals surface area contributed by atoms with Crippen LogP contribution in [0.15, 0.2) is 24.3 Å². The average Bonchev–Trinajstić information content (AvgIpc) is 2.62. The number of nitrogens with one attached hydrogen (secondary N) is 1. The molecule has 1 aliphatic rings. The zero-order valence-electron chi connectivity index (χ0n) is 15.3. The summed E-state index contributed by atoms with van der Waals surface area (Å²) in [4.78, 5) is 16.5. The fourth-order valence-corrected chi connectivity index (χ4v) is 2.88. The van der Waals surface area contributed by atoms with Crippen LogP contribution in [0.3, 0.4) is 0 Å². The number of urea groups is 1. The van der Waals surface area contributed by atoms with E-state index in [2.05, 4.69) is 29.3 Å². The van der Waals surface area contributed by atoms with E-state index in [4.69, 9.17) is 4.74 Å². The summed E-state index contributed by atoms with van der Waals surface area (Å²) >= 11 is 0. The Hall–Kier alpha value is -1.75. The standard InChI is InChI=1S/C19H31N3O2/c1-4-16(2)20-19(23)22-14-12-21(13-15-22)11-5-6-17-7-9-18(24-3)10-8-17/h7-10,16H,4-6,11-15H2,1-3H3,(H,20,23). The van der Waals surface area contributed by atoms with Gasteiger partial charge in [0.2, 0.25) is 0 Å². The van der Waals surface area contributed by atoms with Crippen molar-refractivity contribution in [2.45, 2.75) is 39.2 Å². The van der Waals surface area contributed by atoms with E-state index in [1.165, 1.54) is 5.56 Å². The number of hydrogen-bond donors (Lipinski definition) is 1. The Morgan fingerprint density at radius 2 is 1.88 bits per heavy atom. The minimum atomic E-state index is 0.0854. The third kappa shape index (κ3) is 5.71. The first kappa shape index (κ1) is 18.6. The number of carbonyl (C=O) groups is 1. The fourth-order valence-electron chi connectivity index (χ4n) is 2.88. The minimum Gasteiger partial charge on any atom is -0.497 e. The molecule has 0 spiro atoms. The van der Waals surface area contributed by atoms with Crippen LogP contribution < -0.4 is 10.1 Å². The molecule has 2 amide bonds. The van der Waals surface area contributed by atoms with Gasteiger partial charge in [-0.3, -0.25) is 4.90 Å². The summed E-state index contributed by atoms with van der Waals surface area (Å²) in [6.45, 7) is 8.81. The van der Waals surface area contributed by atoms with Crippen molar-refractivity contribution in [2.24, 2.45) is 0 Å². The lowest BCUT2D eigenvalue weighted by atomic mass is 10.1. The Bertz CT molecular complexity index is 496. The van der Waals surface area contributed by atoms with Gasteiger partial charge in [0.15, 0.2) is 0 Å². The van der Waals surface area contributed by atoms with E-state index < -0.39 is 0 Å². The number of carbonyl (C=O) groups excluding carboxylic acids is 1. The Morgan fingerprint density at radius 3 is 2.46 bits per heavy atom. The van der Waals surface area contributed by atoms with Crippen molar-refractivity contribution in [1.82, 2.24) is 15.1 Å². The number of hydrogen-bond acceptors (Lipinski definition) is 3. The topological polar surface area (TPSA) is 44.8 Å². The molecule has 1 fully saturated rings. The van der Waals surface area contributed by atoms with Gasteiger partial charge in [0.25, 0.3) is 0 Å². The highest BCUT2D eigenvalue weighted by atomic mass is 16.5. The molecule has 1 N–H and O–H groups in total. The van der Waals surface area contributed by atoms with E-state index in [0.29, 0.717) is 0 Å². The maximum Gasteiger partial charge on any atom is 0.317 e. The molecule has 1 atom stereocenters. The Morgan fingerprint density at radius 1 is 1.21 bits per heavy atom. The number of nitrogens with zero attached hydrogens (tertiary/aromatic N) is 2. The lowest BCUT2D eigenvalue weighted by molar-refractivity contribution is 0.136. The zero-order chi connectivity index (χ0) is 17.4. The van der Waals surface area contributed by atoms with Crippen LogP contribution in [0.4, 0.5) is 4.79 Å². The van der Waals surface area contributed by atoms with Crippen LogP contribution >= 0.6 is 0 Å². The Labute approximate surface area is 146 Å². The van der Waals surface area contributed by atoms with E-state index in [1.54, 1.807) is 7.11 Å². The van der Waals surface area contributed by atoms with Gasteiger partial charge in [-0.05, 0) is 50.4 Å². The molecule has 1 heterocycles. The number of aryl methyl sites for hydroxylation is 1. The summed E-state index contributed by atoms with van der Waals surface area (Å²) in [6, 6.07) is 8.64. The van der Waals surface area contributed by atoms with Crippen molar-refractivity contribution in [1.29, 1.82) is 0 Å². The fraction of sp³-hybridized carbons (Fsp3) is 0.632. The molecule has 5 heteroatoms. The maximum absolute atomic E-state index is 12.1. The number of piperazine rings is 1. The largest absolute Gasteiger partial charge is 0.497 e. The summed E-state index contributed by atoms with van der Waals surface area (Å²) in [7, 11) is 1.69. The molecule has 24 heavy (non-hydrogen) atoms. The van der Waals surface area contributed by atoms with Gasteiger partial charge in [-0.15, -0.1) is 0 Å². The molecule has 0 aromatic heterocycles. The molecular weight excluding hydrogens is 302 g/mol. The van der Waals surface area contributed by atoms with Gasteiger partial charge in [-0.25, -0.2) is 4.79 Å². The molecule has 134 valence electrons. The minimum absolute atomic E-state index is 0.0854. The van der Waals surface area contributed by atoms with Crippen molar-refractivity contribution in [3.05, 3.63) is 29.8 Å². The monoisotopic (exact) mass is 333 g/mol. The summed E-state index contributed by atoms with van der Waals surface area (Å²) in [6.07, 6.45) is 3.20. The van der Waals surface area contributed by atoms with Crippen molar-refractivity contribution in [3.63, 3.8) is 0 Å². The summed E-state index contributed by atoms with van der Waals surface area (Å²) in [5.74, 6) is 0.908. The molecule has 0 radical (unpaired) electrons. The van der Waals surface area contributed by atoms with Gasteiger partial charge < -0.3 is 15.0 Å². The van der Waals surface area contributed by atoms with E-state index in [9.17, 15) is 4.79 Å². The molecule has 1 aliphatic heterocycles. The van der Waals surface area contributed by atoms with Crippen molar-refractivity contribution in [3.8, 4) is 5.75 Å². The molecule has 1 aromatic carbocycles. The third-order valence-corrected chi connectivity index (χ3v) is 4.74. The Balaban J connectivity index is 1.64. The van der Waals surface area contributed by atoms with Gasteiger partial charge in [-0.1, -0.05) is 19.1 Å². The number of rotatable bonds is 7. The molecule has 0 saturated carbocycles. The number of benzene rings is 1. The quantitative estimate of drug-likeness (QED) is 0.834. The first-order valence-corrected chi connectivity index (χ1v) is 9.03. The van der Waals surface area contributed by atoms with E-state index in [1.807, 2.05) is 24.0 Å². The summed E-state index contributed by atoms with van der Waals surface area (Å²) in [5, 5.41) is 3.05. The van der Waals surface area contributed by atoms with Crippen LogP contribution in [0.5, 0.6) is 5.75 Å². The molecular formula is C19H31N3O2. The number of ether oxygens (including phenoxy) is 1. The van der Waals surface area contributed by atoms with Crippen LogP contribution in [0.2, 0.25) is 0 Å². The molecule has 1 saturated heterocycles. The first-order valence-electron chi connectivity index (χ1n) is 9.03. The lowest BCUT2D eigenvalue weighted by Crippen LogP contribution is -2.53. The zero-order valence-corrected chi connectivity index (χ0v) is 15.3. The van der Waals surface area contributed by atoms with Crippen LogP contribution in [-0.4, -0.2) is 61.7 Å². The average molecular weight is 333 g/mol. The Kier molecular flexibility index (Phi) is 7.37. The van der Waals surface area contributed by atoms with Crippen molar-refractivity contribution < 1.29 is 9.53 Å². The van der Waals surface area contributed by atoms with Gasteiger partial charge in [0.1, 0.15) is 5.75 Å². The van der Waals surface area contributed by atoms with E-state index >= 15 is 0 Å². The second-order valence-electron chi connectivity index (χ2n) is 6.54. The lowest BCUT2D eigenvalue weighted by Gasteiger charge is -2.35. The van der Waals surface area contributed by atoms with E-state index in [-0.39, 0.29) is 12.1 Å². The normalized spacial score (nSPS) is 16.7. The molecule has 1 unspecified atom stereocenters. The molecule has 1 aromatic rings. The highest BCUT2D eigenvalue weighted by molar-refractivity contribution is 5.74. The SMILES string of the molecule is CCC(C)NC(=O)N1CCN(CCCc2ccc(OC)cc2)CC1. The summed E-state index contributed by atoms with van der Waals surface area (Å²) in [5.41, 5.74) is 1.35. The van der Waals surface area contributed by atoms with Crippen LogP contribution in [0, 0.1) is 0 Å². The van der Waals surface area contributed by atoms with Crippen LogP contribution in [-0.2, 0) is 6.42 Å². The van der Waals surface area contributed by atoms with E-state index in [0.717, 1.165) is 57.7 Å². The van der Waals surface area contributed by atoms with Gasteiger partial charge in [0.05, 0.1) is 7.11 Å². The van der Waals surface area contributed by atoms with Gasteiger partial charge >= 0.3 is 6.03 Å². The van der Waals surface area contributed by atoms with Crippen LogP contribution in [0.25, 0.3) is 0 Å². The highest BCUT2D eigenvalue weighted by Gasteiger charge is 2.21. The number of amides is 2. The predicted octanol–water partition coefficient (Wildman–Crippen LogP) is 2.75. The molecule has 0 aliphatic carbocycles. The smallest absolute Gasteiger partial charge is 0.317 e. The van der Waals surface area contributed by atoms with Gasteiger partial charge in [-0.2, -0.15) is 0 Å². The van der Waals surface area contributed by atoms with Gasteiger partial charge in [0, 0.05) is 32.2 Å². The van der Waals surface area contributed by atoms with Crippen molar-refractivity contribution in [2.75, 3.05) is 39.8 Å². The second kappa shape index (κ2) is 9.52. The van der Waals surface area contributed by atoms with Crippen LogP contribution in [0.1, 0.15) is 32.3 Å². The summed E-state index contributed by atoms with van der Waals surface area (Å²) < 4.78 is 5.18. The first-order chi connectivity index (χ1) is 11.6. The highest BCUT2D eigenvalue weighted by Crippen LogP contribution is 2.13. The second-order valence-corrected chi connectivity index (χ2v) is 6.54. The molecule has 0 bridgehead atoms. The number of methoxy groups -OCH3 is 1. The third-order valence-electron chi connectivity index (χ3n) is 4.74. The van der Waals surface area contributed by atoms with Crippen molar-refractivity contribution >= 4 is 6.03 Å². The molecule has 5 nitrogen and oxygen atoms in total.